The molecule has 1 N–H and O–H groups in total. The first kappa shape index (κ1) is 16.5. The molecule has 1 saturated heterocycles. The van der Waals surface area contributed by atoms with Crippen LogP contribution in [0.3, 0.4) is 0 Å². The molecule has 130 valence electrons. The second-order valence-electron chi connectivity index (χ2n) is 6.19. The van der Waals surface area contributed by atoms with Crippen molar-refractivity contribution < 1.29 is 19.3 Å². The van der Waals surface area contributed by atoms with Gasteiger partial charge in [0, 0.05) is 28.1 Å². The van der Waals surface area contributed by atoms with Crippen molar-refractivity contribution in [3.63, 3.8) is 0 Å². The summed E-state index contributed by atoms with van der Waals surface area (Å²) in [6.07, 6.45) is 2.98. The van der Waals surface area contributed by atoms with Gasteiger partial charge in [-0.1, -0.05) is 28.1 Å². The zero-order valence-corrected chi connectivity index (χ0v) is 15.3. The third-order valence-electron chi connectivity index (χ3n) is 4.41. The van der Waals surface area contributed by atoms with Crippen LogP contribution in [0.2, 0.25) is 0 Å². The van der Waals surface area contributed by atoms with Crippen LogP contribution in [-0.2, 0) is 4.74 Å². The highest BCUT2D eigenvalue weighted by Gasteiger charge is 2.22. The lowest BCUT2D eigenvalue weighted by molar-refractivity contribution is -0.105. The number of fused-ring (bicyclic) bond motifs is 1. The van der Waals surface area contributed by atoms with Crippen molar-refractivity contribution in [3.05, 3.63) is 58.1 Å². The predicted molar refractivity (Wildman–Crippen MR) is 99.2 cm³/mol. The largest absolute Gasteiger partial charge is 0.508 e. The van der Waals surface area contributed by atoms with Crippen LogP contribution in [0.15, 0.2) is 46.9 Å². The smallest absolute Gasteiger partial charge is 0.199 e. The summed E-state index contributed by atoms with van der Waals surface area (Å²) < 4.78 is 18.4. The Labute approximate surface area is 155 Å². The molecule has 2 aromatic carbocycles. The monoisotopic (exact) mass is 402 g/mol. The van der Waals surface area contributed by atoms with Crippen LogP contribution in [0.4, 0.5) is 0 Å². The third-order valence-corrected chi connectivity index (χ3v) is 5.03. The van der Waals surface area contributed by atoms with E-state index < -0.39 is 0 Å². The van der Waals surface area contributed by atoms with E-state index in [-0.39, 0.29) is 12.0 Å². The van der Waals surface area contributed by atoms with Crippen molar-refractivity contribution in [2.75, 3.05) is 13.2 Å². The molecule has 1 fully saturated rings. The molecule has 0 amide bonds. The van der Waals surface area contributed by atoms with Gasteiger partial charge in [0.2, 0.25) is 0 Å². The number of phenols is 1. The first-order valence-electron chi connectivity index (χ1n) is 8.44. The molecule has 0 saturated carbocycles. The Morgan fingerprint density at radius 2 is 1.92 bits per heavy atom. The van der Waals surface area contributed by atoms with Crippen LogP contribution in [0.5, 0.6) is 17.2 Å². The highest BCUT2D eigenvalue weighted by molar-refractivity contribution is 9.11. The van der Waals surface area contributed by atoms with Gasteiger partial charge in [0.1, 0.15) is 23.9 Å². The van der Waals surface area contributed by atoms with Gasteiger partial charge in [0.25, 0.3) is 0 Å². The van der Waals surface area contributed by atoms with E-state index in [9.17, 15) is 5.11 Å². The Bertz CT molecular complexity index is 792. The number of ether oxygens (including phenoxy) is 3. The second-order valence-corrected chi connectivity index (χ2v) is 7.14. The van der Waals surface area contributed by atoms with Crippen LogP contribution in [0, 0.1) is 0 Å². The number of benzene rings is 2. The quantitative estimate of drug-likeness (QED) is 0.797. The maximum atomic E-state index is 9.53. The zero-order chi connectivity index (χ0) is 17.2. The van der Waals surface area contributed by atoms with Crippen molar-refractivity contribution in [1.82, 2.24) is 0 Å². The summed E-state index contributed by atoms with van der Waals surface area (Å²) in [5.74, 6) is 1.80. The first-order valence-corrected chi connectivity index (χ1v) is 9.23. The Morgan fingerprint density at radius 3 is 2.68 bits per heavy atom. The van der Waals surface area contributed by atoms with Crippen molar-refractivity contribution in [3.8, 4) is 17.2 Å². The Balaban J connectivity index is 1.63. The molecule has 1 unspecified atom stereocenters. The van der Waals surface area contributed by atoms with Crippen LogP contribution in [-0.4, -0.2) is 24.6 Å². The van der Waals surface area contributed by atoms with Gasteiger partial charge in [-0.2, -0.15) is 0 Å². The average molecular weight is 403 g/mol. The molecule has 2 heterocycles. The van der Waals surface area contributed by atoms with Gasteiger partial charge in [0.05, 0.1) is 6.61 Å². The summed E-state index contributed by atoms with van der Waals surface area (Å²) in [5.41, 5.74) is 3.10. The summed E-state index contributed by atoms with van der Waals surface area (Å²) in [6.45, 7) is 1.22. The molecule has 0 bridgehead atoms. The van der Waals surface area contributed by atoms with E-state index in [0.717, 1.165) is 58.6 Å². The van der Waals surface area contributed by atoms with Gasteiger partial charge in [-0.25, -0.2) is 0 Å². The van der Waals surface area contributed by atoms with Crippen molar-refractivity contribution >= 4 is 21.5 Å². The molecule has 2 aliphatic rings. The van der Waals surface area contributed by atoms with E-state index in [0.29, 0.717) is 6.61 Å². The highest BCUT2D eigenvalue weighted by Crippen LogP contribution is 2.41. The van der Waals surface area contributed by atoms with Gasteiger partial charge in [-0.15, -0.1) is 0 Å². The number of aromatic hydroxyl groups is 1. The Hall–Kier alpha value is -1.98. The van der Waals surface area contributed by atoms with Crippen LogP contribution >= 0.6 is 15.9 Å². The van der Waals surface area contributed by atoms with Crippen LogP contribution < -0.4 is 9.47 Å². The number of hydrogen-bond donors (Lipinski definition) is 1. The summed E-state index contributed by atoms with van der Waals surface area (Å²) in [5, 5.41) is 9.53. The minimum atomic E-state index is -0.172. The molecule has 2 aliphatic heterocycles. The van der Waals surface area contributed by atoms with E-state index in [2.05, 4.69) is 15.9 Å². The molecular formula is C20H19BrO4. The van der Waals surface area contributed by atoms with Crippen molar-refractivity contribution in [1.29, 1.82) is 0 Å². The fourth-order valence-electron chi connectivity index (χ4n) is 3.16. The molecule has 4 rings (SSSR count). The number of rotatable bonds is 3. The molecule has 0 spiro atoms. The summed E-state index contributed by atoms with van der Waals surface area (Å²) in [7, 11) is 0. The topological polar surface area (TPSA) is 47.9 Å². The Kier molecular flexibility index (Phi) is 4.68. The predicted octanol–water partition coefficient (Wildman–Crippen LogP) is 4.84. The van der Waals surface area contributed by atoms with Crippen LogP contribution in [0.1, 0.15) is 30.4 Å². The third kappa shape index (κ3) is 3.53. The molecule has 25 heavy (non-hydrogen) atoms. The maximum absolute atomic E-state index is 9.53. The van der Waals surface area contributed by atoms with Gasteiger partial charge < -0.3 is 19.3 Å². The molecule has 0 aromatic heterocycles. The van der Waals surface area contributed by atoms with Crippen molar-refractivity contribution in [2.45, 2.75) is 25.6 Å². The molecule has 5 heteroatoms. The summed E-state index contributed by atoms with van der Waals surface area (Å²) >= 11 is 3.62. The zero-order valence-electron chi connectivity index (χ0n) is 13.7. The van der Waals surface area contributed by atoms with E-state index in [1.807, 2.05) is 30.3 Å². The fourth-order valence-corrected chi connectivity index (χ4v) is 3.71. The van der Waals surface area contributed by atoms with Gasteiger partial charge in [0.15, 0.2) is 6.29 Å². The van der Waals surface area contributed by atoms with Crippen molar-refractivity contribution in [2.24, 2.45) is 0 Å². The van der Waals surface area contributed by atoms with E-state index in [1.165, 1.54) is 0 Å². The van der Waals surface area contributed by atoms with E-state index >= 15 is 0 Å². The molecule has 0 aliphatic carbocycles. The second kappa shape index (κ2) is 7.10. The average Bonchev–Trinajstić information content (AvgIpc) is 2.64. The highest BCUT2D eigenvalue weighted by atomic mass is 79.9. The number of phenolic OH excluding ortho intramolecular Hbond substituents is 1. The lowest BCUT2D eigenvalue weighted by Crippen LogP contribution is -2.25. The lowest BCUT2D eigenvalue weighted by atomic mass is 9.95. The van der Waals surface area contributed by atoms with Gasteiger partial charge in [-0.3, -0.25) is 0 Å². The molecule has 0 radical (unpaired) electrons. The first-order chi connectivity index (χ1) is 12.2. The summed E-state index contributed by atoms with van der Waals surface area (Å²) in [6, 6.07) is 13.1. The van der Waals surface area contributed by atoms with E-state index in [4.69, 9.17) is 14.2 Å². The Morgan fingerprint density at radius 1 is 1.08 bits per heavy atom. The molecule has 2 aromatic rings. The molecule has 1 atom stereocenters. The molecule has 4 nitrogen and oxygen atoms in total. The fraction of sp³-hybridized carbons (Fsp3) is 0.300. The van der Waals surface area contributed by atoms with Crippen LogP contribution in [0.25, 0.3) is 5.57 Å². The number of halogens is 1. The van der Waals surface area contributed by atoms with Gasteiger partial charge in [-0.05, 0) is 42.7 Å². The normalized spacial score (nSPS) is 20.0. The summed E-state index contributed by atoms with van der Waals surface area (Å²) in [4.78, 5) is 0. The maximum Gasteiger partial charge on any atom is 0.199 e. The van der Waals surface area contributed by atoms with Gasteiger partial charge >= 0.3 is 0 Å². The molecular weight excluding hydrogens is 384 g/mol. The minimum Gasteiger partial charge on any atom is -0.508 e. The van der Waals surface area contributed by atoms with E-state index in [1.54, 1.807) is 12.1 Å². The number of hydrogen-bond acceptors (Lipinski definition) is 4. The minimum absolute atomic E-state index is 0.172. The lowest BCUT2D eigenvalue weighted by Gasteiger charge is -2.25. The standard InChI is InChI=1S/C20H19BrO4/c21-17-12-24-18-11-15(25-19-3-1-2-10-23-19)8-9-16(18)20(17)13-4-6-14(22)7-5-13/h4-9,11,19,22H,1-3,10,12H2. The SMILES string of the molecule is Oc1ccc(C2=C(Br)COc3cc(OC4CCCCO4)ccc32)cc1.